The number of amides is 1. The first kappa shape index (κ1) is 18.0. The summed E-state index contributed by atoms with van der Waals surface area (Å²) in [6, 6.07) is 6.40. The molecule has 0 radical (unpaired) electrons. The van der Waals surface area contributed by atoms with Crippen LogP contribution in [0.5, 0.6) is 5.75 Å². The van der Waals surface area contributed by atoms with Gasteiger partial charge in [0, 0.05) is 0 Å². The van der Waals surface area contributed by atoms with E-state index in [0.29, 0.717) is 12.8 Å². The number of rotatable bonds is 5. The quantitative estimate of drug-likeness (QED) is 0.414. The molecule has 0 unspecified atom stereocenters. The monoisotopic (exact) mass is 377 g/mol. The molecule has 26 heavy (non-hydrogen) atoms. The largest absolute Gasteiger partial charge is 0.425 e. The minimum Gasteiger partial charge on any atom is -0.425 e. The lowest BCUT2D eigenvalue weighted by molar-refractivity contribution is -0.727. The molecule has 136 valence electrons. The van der Waals surface area contributed by atoms with Crippen molar-refractivity contribution in [2.75, 3.05) is 18.4 Å². The molecule has 1 aromatic heterocycles. The maximum absolute atomic E-state index is 12.5. The summed E-state index contributed by atoms with van der Waals surface area (Å²) >= 11 is 0.812. The highest BCUT2D eigenvalue weighted by Crippen LogP contribution is 2.27. The maximum atomic E-state index is 12.5. The first-order valence-corrected chi connectivity index (χ1v) is 8.81. The van der Waals surface area contributed by atoms with Crippen LogP contribution in [0.2, 0.25) is 0 Å². The Hall–Kier alpha value is -2.85. The molecular formula is C16H17N4O5S+. The molecule has 0 atom stereocenters. The second kappa shape index (κ2) is 8.02. The van der Waals surface area contributed by atoms with Gasteiger partial charge in [0.2, 0.25) is 0 Å². The molecule has 0 saturated carbocycles. The number of piperidine rings is 1. The van der Waals surface area contributed by atoms with E-state index in [1.165, 1.54) is 6.07 Å². The van der Waals surface area contributed by atoms with Gasteiger partial charge in [-0.05, 0) is 49.4 Å². The molecular weight excluding hydrogens is 360 g/mol. The van der Waals surface area contributed by atoms with Crippen LogP contribution in [0.15, 0.2) is 30.5 Å². The highest BCUT2D eigenvalue weighted by Gasteiger charge is 2.25. The normalized spacial score (nSPS) is 14.6. The lowest BCUT2D eigenvalue weighted by Gasteiger charge is -2.21. The molecule has 0 aliphatic carbocycles. The van der Waals surface area contributed by atoms with Gasteiger partial charge in [-0.2, -0.15) is 0 Å². The van der Waals surface area contributed by atoms with Crippen LogP contribution in [-0.4, -0.2) is 40.1 Å². The minimum atomic E-state index is -0.532. The minimum absolute atomic E-state index is 0.0640. The predicted octanol–water partition coefficient (Wildman–Crippen LogP) is 2.10. The van der Waals surface area contributed by atoms with Crippen molar-refractivity contribution in [3.8, 4) is 5.75 Å². The van der Waals surface area contributed by atoms with Gasteiger partial charge in [-0.3, -0.25) is 14.9 Å². The van der Waals surface area contributed by atoms with Gasteiger partial charge in [0.25, 0.3) is 10.8 Å². The molecule has 1 aromatic carbocycles. The van der Waals surface area contributed by atoms with Crippen LogP contribution < -0.4 is 15.4 Å². The fourth-order valence-electron chi connectivity index (χ4n) is 2.57. The summed E-state index contributed by atoms with van der Waals surface area (Å²) in [7, 11) is 0. The van der Waals surface area contributed by atoms with Crippen LogP contribution >= 0.6 is 11.3 Å². The van der Waals surface area contributed by atoms with Gasteiger partial charge in [0.15, 0.2) is 5.13 Å². The summed E-state index contributed by atoms with van der Waals surface area (Å²) in [6.45, 7) is 1.52. The van der Waals surface area contributed by atoms with Gasteiger partial charge < -0.3 is 10.1 Å². The molecule has 0 spiro atoms. The molecule has 0 bridgehead atoms. The van der Waals surface area contributed by atoms with Gasteiger partial charge in [-0.15, -0.1) is 0 Å². The molecule has 1 aliphatic heterocycles. The zero-order valence-electron chi connectivity index (χ0n) is 13.7. The summed E-state index contributed by atoms with van der Waals surface area (Å²) in [5.74, 6) is -0.917. The van der Waals surface area contributed by atoms with Crippen molar-refractivity contribution >= 4 is 33.3 Å². The number of anilines is 1. The van der Waals surface area contributed by atoms with E-state index in [2.05, 4.69) is 15.6 Å². The summed E-state index contributed by atoms with van der Waals surface area (Å²) in [6.07, 6.45) is 2.53. The SMILES string of the molecule is O=C(Nc1ncc([N+](=O)O)s1)c1ccccc1OC(=O)C1CCNCC1. The van der Waals surface area contributed by atoms with E-state index < -0.39 is 5.91 Å². The molecule has 1 aliphatic rings. The highest BCUT2D eigenvalue weighted by molar-refractivity contribution is 7.18. The Morgan fingerprint density at radius 2 is 2.04 bits per heavy atom. The number of thiazole rings is 1. The van der Waals surface area contributed by atoms with Gasteiger partial charge in [0.05, 0.1) is 16.4 Å². The Morgan fingerprint density at radius 3 is 2.73 bits per heavy atom. The van der Waals surface area contributed by atoms with Gasteiger partial charge in [0.1, 0.15) is 11.9 Å². The lowest BCUT2D eigenvalue weighted by atomic mass is 9.98. The average molecular weight is 377 g/mol. The smallest absolute Gasteiger partial charge is 0.392 e. The number of nitrogens with one attached hydrogen (secondary N) is 2. The first-order chi connectivity index (χ1) is 12.5. The summed E-state index contributed by atoms with van der Waals surface area (Å²) < 4.78 is 5.44. The standard InChI is InChI=1S/C16H16N4O5S/c21-14(19-16-18-9-13(26-16)20(23)24)11-3-1-2-4-12(11)25-15(22)10-5-7-17-8-6-10/h1-4,9-10,17H,5-8H2,(H-,18,19,21,23,24)/p+1. The van der Waals surface area contributed by atoms with Gasteiger partial charge in [-0.1, -0.05) is 12.1 Å². The van der Waals surface area contributed by atoms with Crippen LogP contribution in [0.4, 0.5) is 10.1 Å². The molecule has 2 heterocycles. The van der Waals surface area contributed by atoms with Crippen molar-refractivity contribution in [2.24, 2.45) is 5.92 Å². The molecule has 3 N–H and O–H groups in total. The van der Waals surface area contributed by atoms with Crippen molar-refractivity contribution < 1.29 is 24.5 Å². The van der Waals surface area contributed by atoms with Crippen molar-refractivity contribution in [3.05, 3.63) is 40.9 Å². The van der Waals surface area contributed by atoms with Crippen molar-refractivity contribution in [2.45, 2.75) is 12.8 Å². The highest BCUT2D eigenvalue weighted by atomic mass is 32.1. The van der Waals surface area contributed by atoms with Gasteiger partial charge >= 0.3 is 11.0 Å². The molecule has 3 rings (SSSR count). The third-order valence-corrected chi connectivity index (χ3v) is 4.79. The van der Waals surface area contributed by atoms with Crippen LogP contribution in [0.1, 0.15) is 23.2 Å². The third-order valence-electron chi connectivity index (χ3n) is 3.92. The molecule has 2 aromatic rings. The second-order valence-electron chi connectivity index (χ2n) is 5.67. The van der Waals surface area contributed by atoms with Crippen LogP contribution in [0, 0.1) is 10.8 Å². The molecule has 1 fully saturated rings. The Morgan fingerprint density at radius 1 is 1.31 bits per heavy atom. The van der Waals surface area contributed by atoms with E-state index in [0.717, 1.165) is 30.6 Å². The number of ether oxygens (including phenoxy) is 1. The fourth-order valence-corrected chi connectivity index (χ4v) is 3.20. The van der Waals surface area contributed by atoms with E-state index in [4.69, 9.17) is 9.94 Å². The number of aromatic nitrogens is 1. The number of para-hydroxylation sites is 1. The number of nitrogens with zero attached hydrogens (tertiary/aromatic N) is 2. The number of hydrogen-bond donors (Lipinski definition) is 3. The van der Waals surface area contributed by atoms with E-state index in [9.17, 15) is 14.5 Å². The molecule has 1 saturated heterocycles. The summed E-state index contributed by atoms with van der Waals surface area (Å²) in [5.41, 5.74) is 0.175. The van der Waals surface area contributed by atoms with E-state index >= 15 is 0 Å². The Labute approximate surface area is 152 Å². The molecule has 9 nitrogen and oxygen atoms in total. The number of carbonyl (C=O) groups excluding carboxylic acids is 2. The van der Waals surface area contributed by atoms with Crippen LogP contribution in [-0.2, 0) is 4.79 Å². The Bertz CT molecular complexity index is 832. The predicted molar refractivity (Wildman–Crippen MR) is 92.8 cm³/mol. The molecule has 1 amide bonds. The summed E-state index contributed by atoms with van der Waals surface area (Å²) in [4.78, 5) is 39.1. The Kier molecular flexibility index (Phi) is 5.54. The van der Waals surface area contributed by atoms with Crippen molar-refractivity contribution in [3.63, 3.8) is 0 Å². The second-order valence-corrected chi connectivity index (χ2v) is 6.68. The van der Waals surface area contributed by atoms with Crippen molar-refractivity contribution in [1.29, 1.82) is 0 Å². The average Bonchev–Trinajstić information content (AvgIpc) is 3.11. The number of esters is 1. The third kappa shape index (κ3) is 4.21. The van der Waals surface area contributed by atoms with Crippen LogP contribution in [0.3, 0.4) is 0 Å². The van der Waals surface area contributed by atoms with Gasteiger partial charge in [-0.25, -0.2) is 10.2 Å². The van der Waals surface area contributed by atoms with Crippen LogP contribution in [0.25, 0.3) is 0 Å². The number of carbonyl (C=O) groups is 2. The zero-order chi connectivity index (χ0) is 18.5. The number of benzene rings is 1. The lowest BCUT2D eigenvalue weighted by Crippen LogP contribution is -2.34. The first-order valence-electron chi connectivity index (χ1n) is 7.99. The molecule has 10 heteroatoms. The number of hydrogen-bond acceptors (Lipinski definition) is 7. The topological polar surface area (TPSA) is 121 Å². The van der Waals surface area contributed by atoms with E-state index in [-0.39, 0.29) is 38.3 Å². The summed E-state index contributed by atoms with van der Waals surface area (Å²) in [5, 5.41) is 14.6. The van der Waals surface area contributed by atoms with E-state index in [1.807, 2.05) is 0 Å². The fraction of sp³-hybridized carbons (Fsp3) is 0.312. The van der Waals surface area contributed by atoms with E-state index in [1.54, 1.807) is 18.2 Å². The van der Waals surface area contributed by atoms with Crippen molar-refractivity contribution in [1.82, 2.24) is 10.3 Å². The zero-order valence-corrected chi connectivity index (χ0v) is 14.5. The maximum Gasteiger partial charge on any atom is 0.392 e. The Balaban J connectivity index is 1.72.